The van der Waals surface area contributed by atoms with Crippen LogP contribution in [0.4, 0.5) is 11.4 Å². The van der Waals surface area contributed by atoms with Crippen LogP contribution in [-0.4, -0.2) is 88.5 Å². The number of Topliss-reactive ketones (excluding diaryl/α,β-unsaturated/α-hetero) is 2. The van der Waals surface area contributed by atoms with Gasteiger partial charge < -0.3 is 36.4 Å². The van der Waals surface area contributed by atoms with E-state index in [1.807, 2.05) is 6.92 Å². The molecule has 3 aliphatic carbocycles. The topological polar surface area (TPSA) is 194 Å². The van der Waals surface area contributed by atoms with E-state index in [1.165, 1.54) is 4.90 Å². The number of phenols is 1. The van der Waals surface area contributed by atoms with Crippen molar-refractivity contribution in [2.24, 2.45) is 17.6 Å². The van der Waals surface area contributed by atoms with Gasteiger partial charge in [0, 0.05) is 37.7 Å². The third-order valence-corrected chi connectivity index (χ3v) is 7.93. The van der Waals surface area contributed by atoms with Gasteiger partial charge in [0.05, 0.1) is 17.3 Å². The second-order valence-electron chi connectivity index (χ2n) is 10.8. The van der Waals surface area contributed by atoms with Crippen molar-refractivity contribution in [2.75, 3.05) is 38.4 Å². The summed E-state index contributed by atoms with van der Waals surface area (Å²) >= 11 is 0. The van der Waals surface area contributed by atoms with Crippen molar-refractivity contribution >= 4 is 40.5 Å². The Hall–Kier alpha value is -3.90. The first kappa shape index (κ1) is 28.1. The Balaban J connectivity index is 1.97. The van der Waals surface area contributed by atoms with E-state index < -0.39 is 63.8 Å². The lowest BCUT2D eigenvalue weighted by molar-refractivity contribution is -0.153. The summed E-state index contributed by atoms with van der Waals surface area (Å²) in [6, 6.07) is 0.432. The number of aliphatic hydroxyl groups excluding tert-OH is 2. The third-order valence-electron chi connectivity index (χ3n) is 7.93. The van der Waals surface area contributed by atoms with Crippen molar-refractivity contribution in [1.82, 2.24) is 4.90 Å². The third kappa shape index (κ3) is 4.05. The van der Waals surface area contributed by atoms with E-state index in [2.05, 4.69) is 5.32 Å². The summed E-state index contributed by atoms with van der Waals surface area (Å²) in [5.74, 6) is -7.58. The fraction of sp³-hybridized carbons (Fsp3) is 0.481. The monoisotopic (exact) mass is 542 g/mol. The molecule has 0 saturated heterocycles. The maximum atomic E-state index is 14.0. The molecule has 0 aromatic heterocycles. The summed E-state index contributed by atoms with van der Waals surface area (Å²) in [5.41, 5.74) is 2.57. The van der Waals surface area contributed by atoms with Gasteiger partial charge in [0.25, 0.3) is 5.91 Å². The predicted molar refractivity (Wildman–Crippen MR) is 142 cm³/mol. The van der Waals surface area contributed by atoms with Gasteiger partial charge in [-0.25, -0.2) is 0 Å². The summed E-state index contributed by atoms with van der Waals surface area (Å²) in [5, 5.41) is 47.9. The van der Waals surface area contributed by atoms with Crippen LogP contribution in [0.3, 0.4) is 0 Å². The Morgan fingerprint density at radius 1 is 1.15 bits per heavy atom. The fourth-order valence-corrected chi connectivity index (χ4v) is 6.23. The predicted octanol–water partition coefficient (Wildman–Crippen LogP) is 0.769. The minimum atomic E-state index is -2.71. The molecule has 1 fully saturated rings. The van der Waals surface area contributed by atoms with E-state index in [4.69, 9.17) is 5.73 Å². The Morgan fingerprint density at radius 3 is 2.33 bits per heavy atom. The zero-order valence-corrected chi connectivity index (χ0v) is 22.5. The number of hydrogen-bond acceptors (Lipinski definition) is 10. The molecule has 1 saturated carbocycles. The highest BCUT2D eigenvalue weighted by molar-refractivity contribution is 6.24. The van der Waals surface area contributed by atoms with E-state index in [0.29, 0.717) is 17.7 Å². The molecular formula is C27H34N4O8. The van der Waals surface area contributed by atoms with Gasteiger partial charge in [-0.1, -0.05) is 6.92 Å². The average Bonchev–Trinajstić information content (AvgIpc) is 2.82. The summed E-state index contributed by atoms with van der Waals surface area (Å²) in [4.78, 5) is 54.8. The van der Waals surface area contributed by atoms with Crippen LogP contribution in [-0.2, 0) is 25.6 Å². The molecule has 210 valence electrons. The van der Waals surface area contributed by atoms with E-state index in [-0.39, 0.29) is 42.0 Å². The normalized spacial score (nSPS) is 26.3. The number of benzene rings is 1. The number of phenolic OH excluding ortho intramolecular Hbond substituents is 1. The van der Waals surface area contributed by atoms with Crippen LogP contribution in [0.25, 0.3) is 5.76 Å². The summed E-state index contributed by atoms with van der Waals surface area (Å²) in [6.45, 7) is 1.83. The molecule has 0 radical (unpaired) electrons. The molecule has 3 aliphatic rings. The van der Waals surface area contributed by atoms with Gasteiger partial charge in [-0.2, -0.15) is 0 Å². The first-order chi connectivity index (χ1) is 18.2. The number of nitrogens with one attached hydrogen (secondary N) is 1. The highest BCUT2D eigenvalue weighted by atomic mass is 16.3. The van der Waals surface area contributed by atoms with Crippen molar-refractivity contribution in [1.29, 1.82) is 0 Å². The van der Waals surface area contributed by atoms with Crippen LogP contribution in [0.15, 0.2) is 23.0 Å². The van der Waals surface area contributed by atoms with Gasteiger partial charge in [-0.05, 0) is 50.9 Å². The molecule has 0 aliphatic heterocycles. The first-order valence-corrected chi connectivity index (χ1v) is 12.7. The first-order valence-electron chi connectivity index (χ1n) is 12.7. The zero-order chi connectivity index (χ0) is 29.1. The Morgan fingerprint density at radius 2 is 1.79 bits per heavy atom. The molecule has 12 nitrogen and oxygen atoms in total. The SMILES string of the molecule is CCCC(=O)Nc1cc(N(C)C)c2c(c1O)C(O)=C1C(=O)[C@@]3(O)C(O)=C(C(N)=O)C(=O)[C@H](N(C)C)[C@H]3C[C@H]1C2. The Bertz CT molecular complexity index is 1360. The molecule has 1 aromatic rings. The number of primary amides is 1. The number of fused-ring (bicyclic) bond motifs is 3. The van der Waals surface area contributed by atoms with Crippen LogP contribution < -0.4 is 16.0 Å². The molecule has 7 N–H and O–H groups in total. The number of hydrogen-bond donors (Lipinski definition) is 6. The lowest BCUT2D eigenvalue weighted by Gasteiger charge is -2.50. The molecule has 0 spiro atoms. The van der Waals surface area contributed by atoms with Crippen LogP contribution in [0.5, 0.6) is 5.75 Å². The molecule has 4 atom stereocenters. The highest BCUT2D eigenvalue weighted by Gasteiger charge is 2.64. The van der Waals surface area contributed by atoms with E-state index >= 15 is 0 Å². The lowest BCUT2D eigenvalue weighted by atomic mass is 9.57. The minimum absolute atomic E-state index is 0.00558. The lowest BCUT2D eigenvalue weighted by Crippen LogP contribution is -2.65. The number of nitrogens with two attached hydrogens (primary N) is 1. The van der Waals surface area contributed by atoms with Gasteiger partial charge in [-0.15, -0.1) is 0 Å². The van der Waals surface area contributed by atoms with Gasteiger partial charge >= 0.3 is 0 Å². The number of carbonyl (C=O) groups is 4. The van der Waals surface area contributed by atoms with Gasteiger partial charge in [0.1, 0.15) is 22.8 Å². The van der Waals surface area contributed by atoms with Crippen molar-refractivity contribution in [2.45, 2.75) is 44.2 Å². The fourth-order valence-electron chi connectivity index (χ4n) is 6.23. The number of aromatic hydroxyl groups is 1. The van der Waals surface area contributed by atoms with Crippen molar-refractivity contribution in [3.63, 3.8) is 0 Å². The Kier molecular flexibility index (Phi) is 6.98. The Labute approximate surface area is 225 Å². The second-order valence-corrected chi connectivity index (χ2v) is 10.8. The maximum Gasteiger partial charge on any atom is 0.255 e. The highest BCUT2D eigenvalue weighted by Crippen LogP contribution is 2.54. The van der Waals surface area contributed by atoms with E-state index in [0.717, 1.165) is 0 Å². The van der Waals surface area contributed by atoms with Crippen molar-refractivity contribution in [3.05, 3.63) is 34.1 Å². The minimum Gasteiger partial charge on any atom is -0.508 e. The van der Waals surface area contributed by atoms with Crippen LogP contribution in [0, 0.1) is 11.8 Å². The number of aliphatic hydroxyl groups is 3. The molecule has 0 bridgehead atoms. The van der Waals surface area contributed by atoms with Crippen molar-refractivity contribution < 1.29 is 39.6 Å². The largest absolute Gasteiger partial charge is 0.508 e. The number of carbonyl (C=O) groups excluding carboxylic acids is 4. The van der Waals surface area contributed by atoms with Crippen molar-refractivity contribution in [3.8, 4) is 5.75 Å². The molecule has 2 amide bonds. The smallest absolute Gasteiger partial charge is 0.255 e. The molecular weight excluding hydrogens is 508 g/mol. The molecule has 1 aromatic carbocycles. The molecule has 39 heavy (non-hydrogen) atoms. The number of nitrogens with zero attached hydrogens (tertiary/aromatic N) is 2. The standard InChI is InChI=1S/C27H34N4O8/c1-6-7-16(32)29-14-10-15(30(2)3)12-8-11-9-13-20(31(4)5)23(35)19(26(28)38)25(37)27(13,39)24(36)17(11)22(34)18(12)21(14)33/h10-11,13,20,33-34,37,39H,6-9H2,1-5H3,(H2,28,38)(H,29,32)/t11-,13-,20-,27-/m1/s1. The quantitative estimate of drug-likeness (QED) is 0.221. The number of ketones is 2. The zero-order valence-electron chi connectivity index (χ0n) is 22.5. The number of rotatable bonds is 6. The molecule has 4 rings (SSSR count). The van der Waals surface area contributed by atoms with Gasteiger partial charge in [-0.3, -0.25) is 24.1 Å². The number of anilines is 2. The summed E-state index contributed by atoms with van der Waals surface area (Å²) < 4.78 is 0. The molecule has 12 heteroatoms. The van der Waals surface area contributed by atoms with E-state index in [1.54, 1.807) is 39.2 Å². The van der Waals surface area contributed by atoms with E-state index in [9.17, 15) is 39.6 Å². The second kappa shape index (κ2) is 9.69. The summed E-state index contributed by atoms with van der Waals surface area (Å²) in [6.07, 6.45) is 0.923. The van der Waals surface area contributed by atoms with Crippen LogP contribution in [0.1, 0.15) is 37.3 Å². The number of likely N-dealkylation sites (N-methyl/N-ethyl adjacent to an activating group) is 1. The van der Waals surface area contributed by atoms with Crippen LogP contribution in [0.2, 0.25) is 0 Å². The molecule has 0 heterocycles. The number of amides is 2. The maximum absolute atomic E-state index is 14.0. The van der Waals surface area contributed by atoms with Gasteiger partial charge in [0.15, 0.2) is 11.4 Å². The van der Waals surface area contributed by atoms with Gasteiger partial charge in [0.2, 0.25) is 11.7 Å². The molecule has 0 unspecified atom stereocenters. The average molecular weight is 543 g/mol. The van der Waals surface area contributed by atoms with Crippen LogP contribution >= 0.6 is 0 Å². The summed E-state index contributed by atoms with van der Waals surface area (Å²) in [7, 11) is 6.59.